The quantitative estimate of drug-likeness (QED) is 0.825. The number of hydrogen-bond donors (Lipinski definition) is 1. The Balaban J connectivity index is 1.43. The van der Waals surface area contributed by atoms with Crippen molar-refractivity contribution in [2.45, 2.75) is 70.9 Å². The van der Waals surface area contributed by atoms with Crippen LogP contribution in [0.1, 0.15) is 58.8 Å². The third kappa shape index (κ3) is 2.91. The van der Waals surface area contributed by atoms with Crippen LogP contribution in [0.3, 0.4) is 0 Å². The van der Waals surface area contributed by atoms with Crippen LogP contribution in [-0.4, -0.2) is 36.6 Å². The van der Waals surface area contributed by atoms with Crippen LogP contribution >= 0.6 is 0 Å². The number of likely N-dealkylation sites (tertiary alicyclic amines) is 1. The van der Waals surface area contributed by atoms with Crippen molar-refractivity contribution in [3.8, 4) is 0 Å². The summed E-state index contributed by atoms with van der Waals surface area (Å²) < 4.78 is 0. The summed E-state index contributed by atoms with van der Waals surface area (Å²) in [6.45, 7) is 8.90. The molecular weight excluding hydrogens is 220 g/mol. The van der Waals surface area contributed by atoms with Crippen molar-refractivity contribution in [1.82, 2.24) is 10.2 Å². The Bertz CT molecular complexity index is 283. The van der Waals surface area contributed by atoms with E-state index in [-0.39, 0.29) is 0 Å². The fraction of sp³-hybridized carbons (Fsp3) is 1.00. The normalized spacial score (nSPS) is 37.0. The van der Waals surface area contributed by atoms with Crippen LogP contribution in [0.15, 0.2) is 0 Å². The highest BCUT2D eigenvalue weighted by Crippen LogP contribution is 2.36. The summed E-state index contributed by atoms with van der Waals surface area (Å²) in [6, 6.07) is 1.74. The summed E-state index contributed by atoms with van der Waals surface area (Å²) in [4.78, 5) is 2.73. The van der Waals surface area contributed by atoms with Gasteiger partial charge < -0.3 is 10.2 Å². The molecule has 0 radical (unpaired) electrons. The van der Waals surface area contributed by atoms with E-state index in [1.54, 1.807) is 0 Å². The average molecular weight is 250 g/mol. The molecule has 104 valence electrons. The zero-order valence-electron chi connectivity index (χ0n) is 12.3. The molecule has 0 aromatic rings. The fourth-order valence-corrected chi connectivity index (χ4v) is 3.98. The molecule has 0 aromatic heterocycles. The maximum Gasteiger partial charge on any atom is 0.0118 e. The summed E-state index contributed by atoms with van der Waals surface area (Å²) in [6.07, 6.45) is 10.0. The molecule has 18 heavy (non-hydrogen) atoms. The molecule has 1 N–H and O–H groups in total. The maximum absolute atomic E-state index is 3.91. The fourth-order valence-electron chi connectivity index (χ4n) is 3.98. The minimum Gasteiger partial charge on any atom is -0.313 e. The predicted octanol–water partition coefficient (Wildman–Crippen LogP) is 3.03. The van der Waals surface area contributed by atoms with E-state index >= 15 is 0 Å². The molecule has 2 heteroatoms. The van der Waals surface area contributed by atoms with Gasteiger partial charge in [-0.1, -0.05) is 26.7 Å². The lowest BCUT2D eigenvalue weighted by molar-refractivity contribution is 0.162. The van der Waals surface area contributed by atoms with Crippen molar-refractivity contribution in [1.29, 1.82) is 0 Å². The average Bonchev–Trinajstić information content (AvgIpc) is 3.08. The third-order valence-corrected chi connectivity index (χ3v) is 5.54. The van der Waals surface area contributed by atoms with Crippen LogP contribution in [0.2, 0.25) is 0 Å². The molecule has 2 unspecified atom stereocenters. The highest BCUT2D eigenvalue weighted by atomic mass is 15.2. The van der Waals surface area contributed by atoms with Crippen LogP contribution in [0.25, 0.3) is 0 Å². The largest absolute Gasteiger partial charge is 0.313 e. The van der Waals surface area contributed by atoms with Crippen molar-refractivity contribution in [3.63, 3.8) is 0 Å². The molecule has 0 aromatic carbocycles. The van der Waals surface area contributed by atoms with Gasteiger partial charge in [0.25, 0.3) is 0 Å². The molecule has 2 saturated carbocycles. The van der Waals surface area contributed by atoms with E-state index in [1.807, 2.05) is 0 Å². The first-order valence-corrected chi connectivity index (χ1v) is 8.12. The summed E-state index contributed by atoms with van der Waals surface area (Å²) in [7, 11) is 0. The summed E-state index contributed by atoms with van der Waals surface area (Å²) in [5, 5.41) is 3.91. The lowest BCUT2D eigenvalue weighted by Gasteiger charge is -2.39. The van der Waals surface area contributed by atoms with Crippen LogP contribution in [0.4, 0.5) is 0 Å². The predicted molar refractivity (Wildman–Crippen MR) is 76.7 cm³/mol. The van der Waals surface area contributed by atoms with Gasteiger partial charge in [0.05, 0.1) is 0 Å². The van der Waals surface area contributed by atoms with E-state index in [1.165, 1.54) is 64.6 Å². The molecule has 0 amide bonds. The molecule has 1 heterocycles. The smallest absolute Gasteiger partial charge is 0.0118 e. The second-order valence-corrected chi connectivity index (χ2v) is 7.58. The molecule has 1 aliphatic heterocycles. The van der Waals surface area contributed by atoms with Gasteiger partial charge in [-0.2, -0.15) is 0 Å². The summed E-state index contributed by atoms with van der Waals surface area (Å²) in [5.74, 6) is 0.920. The molecule has 0 spiro atoms. The Morgan fingerprint density at radius 3 is 2.67 bits per heavy atom. The number of rotatable bonds is 4. The first kappa shape index (κ1) is 12.9. The van der Waals surface area contributed by atoms with Crippen LogP contribution in [-0.2, 0) is 0 Å². The molecule has 0 bridgehead atoms. The lowest BCUT2D eigenvalue weighted by Crippen LogP contribution is -2.46. The van der Waals surface area contributed by atoms with Crippen molar-refractivity contribution in [3.05, 3.63) is 0 Å². The standard InChI is InChI=1S/C16H30N2/c1-16(2)9-4-3-5-15(16)17-11-13-8-10-18(12-13)14-6-7-14/h13-15,17H,3-12H2,1-2H3. The molecule has 2 aliphatic carbocycles. The zero-order valence-corrected chi connectivity index (χ0v) is 12.3. The van der Waals surface area contributed by atoms with E-state index < -0.39 is 0 Å². The van der Waals surface area contributed by atoms with E-state index in [9.17, 15) is 0 Å². The van der Waals surface area contributed by atoms with Gasteiger partial charge in [0.2, 0.25) is 0 Å². The minimum absolute atomic E-state index is 0.521. The van der Waals surface area contributed by atoms with Crippen molar-refractivity contribution in [2.24, 2.45) is 11.3 Å². The van der Waals surface area contributed by atoms with Crippen molar-refractivity contribution in [2.75, 3.05) is 19.6 Å². The van der Waals surface area contributed by atoms with Gasteiger partial charge in [-0.15, -0.1) is 0 Å². The topological polar surface area (TPSA) is 15.3 Å². The molecule has 3 fully saturated rings. The molecule has 3 aliphatic rings. The van der Waals surface area contributed by atoms with E-state index in [4.69, 9.17) is 0 Å². The van der Waals surface area contributed by atoms with Gasteiger partial charge >= 0.3 is 0 Å². The molecule has 3 rings (SSSR count). The Hall–Kier alpha value is -0.0800. The minimum atomic E-state index is 0.521. The van der Waals surface area contributed by atoms with Gasteiger partial charge in [-0.3, -0.25) is 0 Å². The molecule has 2 nitrogen and oxygen atoms in total. The maximum atomic E-state index is 3.91. The lowest BCUT2D eigenvalue weighted by atomic mass is 9.73. The summed E-state index contributed by atoms with van der Waals surface area (Å²) in [5.41, 5.74) is 0.521. The Labute approximate surface area is 113 Å². The van der Waals surface area contributed by atoms with Crippen molar-refractivity contribution < 1.29 is 0 Å². The monoisotopic (exact) mass is 250 g/mol. The van der Waals surface area contributed by atoms with Gasteiger partial charge in [-0.25, -0.2) is 0 Å². The van der Waals surface area contributed by atoms with Gasteiger partial charge in [0, 0.05) is 18.6 Å². The Kier molecular flexibility index (Phi) is 3.68. The summed E-state index contributed by atoms with van der Waals surface area (Å²) >= 11 is 0. The van der Waals surface area contributed by atoms with Gasteiger partial charge in [0.1, 0.15) is 0 Å². The highest BCUT2D eigenvalue weighted by molar-refractivity contribution is 4.92. The number of nitrogens with zero attached hydrogens (tertiary/aromatic N) is 1. The molecular formula is C16H30N2. The Morgan fingerprint density at radius 2 is 1.94 bits per heavy atom. The van der Waals surface area contributed by atoms with E-state index in [2.05, 4.69) is 24.1 Å². The molecule has 1 saturated heterocycles. The van der Waals surface area contributed by atoms with Crippen LogP contribution in [0, 0.1) is 11.3 Å². The first-order chi connectivity index (χ1) is 8.65. The van der Waals surface area contributed by atoms with Gasteiger partial charge in [0.15, 0.2) is 0 Å². The van der Waals surface area contributed by atoms with Crippen LogP contribution < -0.4 is 5.32 Å². The second kappa shape index (κ2) is 5.13. The second-order valence-electron chi connectivity index (χ2n) is 7.58. The van der Waals surface area contributed by atoms with Crippen LogP contribution in [0.5, 0.6) is 0 Å². The number of nitrogens with one attached hydrogen (secondary N) is 1. The molecule has 2 atom stereocenters. The van der Waals surface area contributed by atoms with E-state index in [0.717, 1.165) is 18.0 Å². The van der Waals surface area contributed by atoms with Gasteiger partial charge in [-0.05, 0) is 56.5 Å². The van der Waals surface area contributed by atoms with E-state index in [0.29, 0.717) is 5.41 Å². The highest BCUT2D eigenvalue weighted by Gasteiger charge is 2.36. The van der Waals surface area contributed by atoms with Crippen molar-refractivity contribution >= 4 is 0 Å². The zero-order chi connectivity index (χ0) is 12.6. The first-order valence-electron chi connectivity index (χ1n) is 8.12. The third-order valence-electron chi connectivity index (χ3n) is 5.54. The number of hydrogen-bond acceptors (Lipinski definition) is 2. The Morgan fingerprint density at radius 1 is 1.11 bits per heavy atom. The SMILES string of the molecule is CC1(C)CCCCC1NCC1CCN(C2CC2)C1.